The number of hydrogen-bond donors (Lipinski definition) is 0. The summed E-state index contributed by atoms with van der Waals surface area (Å²) in [7, 11) is 0. The summed E-state index contributed by atoms with van der Waals surface area (Å²) < 4.78 is 7.97. The lowest BCUT2D eigenvalue weighted by molar-refractivity contribution is -0.129. The first kappa shape index (κ1) is 20.9. The van der Waals surface area contributed by atoms with Crippen molar-refractivity contribution in [3.8, 4) is 11.4 Å². The van der Waals surface area contributed by atoms with Crippen molar-refractivity contribution in [1.29, 1.82) is 0 Å². The molecule has 8 nitrogen and oxygen atoms in total. The summed E-state index contributed by atoms with van der Waals surface area (Å²) in [4.78, 5) is 30.8. The summed E-state index contributed by atoms with van der Waals surface area (Å²) in [6.45, 7) is 10.1. The minimum absolute atomic E-state index is 0.124. The molecule has 168 valence electrons. The Bertz CT molecular complexity index is 1140. The zero-order chi connectivity index (χ0) is 22.2. The number of anilines is 1. The van der Waals surface area contributed by atoms with Gasteiger partial charge in [-0.1, -0.05) is 24.3 Å². The first-order chi connectivity index (χ1) is 15.5. The molecule has 0 radical (unpaired) electrons. The smallest absolute Gasteiger partial charge is 0.219 e. The Labute approximate surface area is 188 Å². The molecule has 0 N–H and O–H groups in total. The normalized spacial score (nSPS) is 17.8. The molecule has 4 heterocycles. The number of rotatable bonds is 3. The predicted octanol–water partition coefficient (Wildman–Crippen LogP) is 3.13. The fourth-order valence-corrected chi connectivity index (χ4v) is 4.82. The SMILES string of the molecule is CC(=O)N1CCN(c2nc(C)nc3c2nc(-c2ccccc2C)n3C2CCOCC2)CC1. The van der Waals surface area contributed by atoms with Crippen LogP contribution in [0.15, 0.2) is 24.3 Å². The average Bonchev–Trinajstić information content (AvgIpc) is 3.18. The molecular weight excluding hydrogens is 404 g/mol. The lowest BCUT2D eigenvalue weighted by atomic mass is 10.1. The Kier molecular flexibility index (Phi) is 5.55. The van der Waals surface area contributed by atoms with Gasteiger partial charge in [0.2, 0.25) is 5.91 Å². The van der Waals surface area contributed by atoms with Crippen LogP contribution < -0.4 is 4.90 Å². The highest BCUT2D eigenvalue weighted by atomic mass is 16.5. The monoisotopic (exact) mass is 434 g/mol. The van der Waals surface area contributed by atoms with Gasteiger partial charge in [-0.25, -0.2) is 15.0 Å². The number of aryl methyl sites for hydroxylation is 2. The van der Waals surface area contributed by atoms with Crippen molar-refractivity contribution in [3.05, 3.63) is 35.7 Å². The van der Waals surface area contributed by atoms with Gasteiger partial charge in [0.1, 0.15) is 11.6 Å². The number of carbonyl (C=O) groups is 1. The maximum Gasteiger partial charge on any atom is 0.219 e. The quantitative estimate of drug-likeness (QED) is 0.630. The molecule has 0 bridgehead atoms. The van der Waals surface area contributed by atoms with E-state index in [-0.39, 0.29) is 5.91 Å². The largest absolute Gasteiger partial charge is 0.381 e. The van der Waals surface area contributed by atoms with Gasteiger partial charge in [0.25, 0.3) is 0 Å². The van der Waals surface area contributed by atoms with Crippen LogP contribution in [-0.2, 0) is 9.53 Å². The van der Waals surface area contributed by atoms with Gasteiger partial charge >= 0.3 is 0 Å². The lowest BCUT2D eigenvalue weighted by Gasteiger charge is -2.35. The summed E-state index contributed by atoms with van der Waals surface area (Å²) in [5, 5.41) is 0. The van der Waals surface area contributed by atoms with E-state index in [1.807, 2.05) is 11.8 Å². The van der Waals surface area contributed by atoms with E-state index in [9.17, 15) is 4.79 Å². The molecule has 3 aromatic rings. The maximum atomic E-state index is 11.8. The third-order valence-corrected chi connectivity index (χ3v) is 6.60. The molecule has 1 aromatic carbocycles. The lowest BCUT2D eigenvalue weighted by Crippen LogP contribution is -2.48. The Hall–Kier alpha value is -3.00. The second-order valence-corrected chi connectivity index (χ2v) is 8.72. The molecule has 2 saturated heterocycles. The van der Waals surface area contributed by atoms with E-state index in [1.54, 1.807) is 6.92 Å². The molecule has 0 spiro atoms. The molecule has 2 aromatic heterocycles. The van der Waals surface area contributed by atoms with E-state index in [0.717, 1.165) is 73.3 Å². The van der Waals surface area contributed by atoms with Crippen LogP contribution in [-0.4, -0.2) is 69.7 Å². The number of piperazine rings is 1. The van der Waals surface area contributed by atoms with Crippen LogP contribution in [0, 0.1) is 13.8 Å². The van der Waals surface area contributed by atoms with Gasteiger partial charge in [0.05, 0.1) is 0 Å². The van der Waals surface area contributed by atoms with Crippen molar-refractivity contribution >= 4 is 22.9 Å². The van der Waals surface area contributed by atoms with Gasteiger partial charge in [-0.3, -0.25) is 4.79 Å². The number of aromatic nitrogens is 4. The highest BCUT2D eigenvalue weighted by molar-refractivity contribution is 5.88. The van der Waals surface area contributed by atoms with E-state index in [0.29, 0.717) is 19.1 Å². The summed E-state index contributed by atoms with van der Waals surface area (Å²) in [6, 6.07) is 8.68. The van der Waals surface area contributed by atoms with Crippen molar-refractivity contribution in [3.63, 3.8) is 0 Å². The number of ether oxygens (including phenoxy) is 1. The fraction of sp³-hybridized carbons (Fsp3) is 0.500. The van der Waals surface area contributed by atoms with Crippen LogP contribution in [0.4, 0.5) is 5.82 Å². The average molecular weight is 435 g/mol. The van der Waals surface area contributed by atoms with Crippen LogP contribution >= 0.6 is 0 Å². The molecule has 0 unspecified atom stereocenters. The molecule has 8 heteroatoms. The molecule has 32 heavy (non-hydrogen) atoms. The van der Waals surface area contributed by atoms with Gasteiger partial charge in [0, 0.05) is 57.9 Å². The van der Waals surface area contributed by atoms with Gasteiger partial charge in [-0.2, -0.15) is 0 Å². The number of fused-ring (bicyclic) bond motifs is 1. The standard InChI is InChI=1S/C24H30N6O2/c1-16-6-4-5-7-20(16)22-27-21-23(29-12-10-28(11-13-29)18(3)31)25-17(2)26-24(21)30(22)19-8-14-32-15-9-19/h4-7,19H,8-15H2,1-3H3. The van der Waals surface area contributed by atoms with Crippen LogP contribution in [0.3, 0.4) is 0 Å². The van der Waals surface area contributed by atoms with E-state index < -0.39 is 0 Å². The first-order valence-electron chi connectivity index (χ1n) is 11.4. The zero-order valence-corrected chi connectivity index (χ0v) is 19.0. The number of carbonyl (C=O) groups excluding carboxylic acids is 1. The van der Waals surface area contributed by atoms with E-state index >= 15 is 0 Å². The fourth-order valence-electron chi connectivity index (χ4n) is 4.82. The maximum absolute atomic E-state index is 11.8. The van der Waals surface area contributed by atoms with Crippen LogP contribution in [0.25, 0.3) is 22.6 Å². The molecule has 5 rings (SSSR count). The van der Waals surface area contributed by atoms with Crippen molar-refractivity contribution in [2.24, 2.45) is 0 Å². The number of benzene rings is 1. The number of imidazole rings is 1. The summed E-state index contributed by atoms with van der Waals surface area (Å²) >= 11 is 0. The Morgan fingerprint density at radius 3 is 2.41 bits per heavy atom. The topological polar surface area (TPSA) is 76.4 Å². The minimum Gasteiger partial charge on any atom is -0.381 e. The predicted molar refractivity (Wildman–Crippen MR) is 124 cm³/mol. The van der Waals surface area contributed by atoms with Crippen LogP contribution in [0.1, 0.15) is 37.2 Å². The second-order valence-electron chi connectivity index (χ2n) is 8.72. The van der Waals surface area contributed by atoms with Gasteiger partial charge in [0.15, 0.2) is 17.0 Å². The molecular formula is C24H30N6O2. The molecule has 1 amide bonds. The van der Waals surface area contributed by atoms with Crippen LogP contribution in [0.5, 0.6) is 0 Å². The van der Waals surface area contributed by atoms with Gasteiger partial charge < -0.3 is 19.1 Å². The van der Waals surface area contributed by atoms with Crippen molar-refractivity contribution in [2.75, 3.05) is 44.3 Å². The molecule has 0 atom stereocenters. The summed E-state index contributed by atoms with van der Waals surface area (Å²) in [6.07, 6.45) is 1.89. The number of hydrogen-bond acceptors (Lipinski definition) is 6. The number of nitrogens with zero attached hydrogens (tertiary/aromatic N) is 6. The molecule has 2 aliphatic rings. The van der Waals surface area contributed by atoms with Gasteiger partial charge in [-0.15, -0.1) is 0 Å². The third-order valence-electron chi connectivity index (χ3n) is 6.60. The van der Waals surface area contributed by atoms with Crippen molar-refractivity contribution in [2.45, 2.75) is 39.7 Å². The Morgan fingerprint density at radius 1 is 1.00 bits per heavy atom. The Balaban J connectivity index is 1.66. The zero-order valence-electron chi connectivity index (χ0n) is 19.0. The molecule has 0 aliphatic carbocycles. The van der Waals surface area contributed by atoms with Crippen LogP contribution in [0.2, 0.25) is 0 Å². The molecule has 0 saturated carbocycles. The molecule has 2 fully saturated rings. The van der Waals surface area contributed by atoms with Crippen molar-refractivity contribution in [1.82, 2.24) is 24.4 Å². The highest BCUT2D eigenvalue weighted by Gasteiger charge is 2.28. The van der Waals surface area contributed by atoms with Crippen molar-refractivity contribution < 1.29 is 9.53 Å². The van der Waals surface area contributed by atoms with E-state index in [1.165, 1.54) is 5.56 Å². The second kappa shape index (κ2) is 8.50. The summed E-state index contributed by atoms with van der Waals surface area (Å²) in [5.74, 6) is 2.69. The summed E-state index contributed by atoms with van der Waals surface area (Å²) in [5.41, 5.74) is 4.06. The third kappa shape index (κ3) is 3.72. The Morgan fingerprint density at radius 2 is 1.72 bits per heavy atom. The minimum atomic E-state index is 0.124. The first-order valence-corrected chi connectivity index (χ1v) is 11.4. The highest BCUT2D eigenvalue weighted by Crippen LogP contribution is 2.36. The van der Waals surface area contributed by atoms with E-state index in [2.05, 4.69) is 40.7 Å². The van der Waals surface area contributed by atoms with E-state index in [4.69, 9.17) is 19.7 Å². The molecule has 2 aliphatic heterocycles. The number of amides is 1. The van der Waals surface area contributed by atoms with Gasteiger partial charge in [-0.05, 0) is 32.3 Å².